The van der Waals surface area contributed by atoms with Gasteiger partial charge in [-0.05, 0) is 49.4 Å². The van der Waals surface area contributed by atoms with Gasteiger partial charge >= 0.3 is 0 Å². The Kier molecular flexibility index (Phi) is 4.36. The number of aryl methyl sites for hydroxylation is 1. The maximum Gasteiger partial charge on any atom is 0.256 e. The standard InChI is InChI=1S/C18H14ClFN2O2/c1-10-7-14(13-8-11(20)3-5-16(13)21-10)18(23)22-12-4-6-17(24-2)15(19)9-12/h3-9H,1-2H3,(H,22,23). The van der Waals surface area contributed by atoms with E-state index in [1.807, 2.05) is 0 Å². The Morgan fingerprint density at radius 2 is 2.00 bits per heavy atom. The molecular weight excluding hydrogens is 331 g/mol. The lowest BCUT2D eigenvalue weighted by molar-refractivity contribution is 0.102. The van der Waals surface area contributed by atoms with Crippen molar-refractivity contribution in [1.82, 2.24) is 4.98 Å². The average molecular weight is 345 g/mol. The summed E-state index contributed by atoms with van der Waals surface area (Å²) in [5.74, 6) is -0.269. The van der Waals surface area contributed by atoms with E-state index < -0.39 is 5.82 Å². The van der Waals surface area contributed by atoms with Gasteiger partial charge in [0.15, 0.2) is 0 Å². The minimum atomic E-state index is -0.422. The first-order valence-corrected chi connectivity index (χ1v) is 7.57. The van der Waals surface area contributed by atoms with E-state index in [0.29, 0.717) is 38.6 Å². The zero-order valence-corrected chi connectivity index (χ0v) is 13.8. The molecule has 0 aliphatic heterocycles. The summed E-state index contributed by atoms with van der Waals surface area (Å²) in [4.78, 5) is 16.9. The topological polar surface area (TPSA) is 51.2 Å². The highest BCUT2D eigenvalue weighted by Gasteiger charge is 2.14. The van der Waals surface area contributed by atoms with E-state index in [1.165, 1.54) is 19.2 Å². The second-order valence-corrected chi connectivity index (χ2v) is 5.68. The van der Waals surface area contributed by atoms with E-state index in [9.17, 15) is 9.18 Å². The zero-order chi connectivity index (χ0) is 17.3. The number of nitrogens with zero attached hydrogens (tertiary/aromatic N) is 1. The van der Waals surface area contributed by atoms with Crippen LogP contribution in [0.4, 0.5) is 10.1 Å². The molecule has 3 rings (SSSR count). The van der Waals surface area contributed by atoms with Crippen LogP contribution in [-0.2, 0) is 0 Å². The molecule has 1 aromatic heterocycles. The number of methoxy groups -OCH3 is 1. The Bertz CT molecular complexity index is 944. The number of benzene rings is 2. The molecule has 24 heavy (non-hydrogen) atoms. The van der Waals surface area contributed by atoms with Gasteiger partial charge in [-0.2, -0.15) is 0 Å². The van der Waals surface area contributed by atoms with E-state index in [0.717, 1.165) is 0 Å². The monoisotopic (exact) mass is 344 g/mol. The SMILES string of the molecule is COc1ccc(NC(=O)c2cc(C)nc3ccc(F)cc23)cc1Cl. The molecule has 3 aromatic rings. The van der Waals surface area contributed by atoms with Crippen LogP contribution in [0.25, 0.3) is 10.9 Å². The number of fused-ring (bicyclic) bond motifs is 1. The number of carbonyl (C=O) groups is 1. The second kappa shape index (κ2) is 6.45. The first-order chi connectivity index (χ1) is 11.5. The van der Waals surface area contributed by atoms with E-state index in [4.69, 9.17) is 16.3 Å². The number of pyridine rings is 1. The molecule has 0 saturated heterocycles. The summed E-state index contributed by atoms with van der Waals surface area (Å²) in [6.07, 6.45) is 0. The number of halogens is 2. The second-order valence-electron chi connectivity index (χ2n) is 5.28. The zero-order valence-electron chi connectivity index (χ0n) is 13.1. The van der Waals surface area contributed by atoms with Crippen molar-refractivity contribution in [2.24, 2.45) is 0 Å². The fourth-order valence-electron chi connectivity index (χ4n) is 2.46. The van der Waals surface area contributed by atoms with Crippen LogP contribution in [-0.4, -0.2) is 18.0 Å². The minimum absolute atomic E-state index is 0.351. The van der Waals surface area contributed by atoms with E-state index in [-0.39, 0.29) is 5.91 Å². The van der Waals surface area contributed by atoms with Crippen LogP contribution < -0.4 is 10.1 Å². The van der Waals surface area contributed by atoms with Crippen LogP contribution in [0.5, 0.6) is 5.75 Å². The fourth-order valence-corrected chi connectivity index (χ4v) is 2.72. The van der Waals surface area contributed by atoms with Gasteiger partial charge in [0.1, 0.15) is 11.6 Å². The summed E-state index contributed by atoms with van der Waals surface area (Å²) in [7, 11) is 1.51. The van der Waals surface area contributed by atoms with Crippen molar-refractivity contribution in [3.8, 4) is 5.75 Å². The lowest BCUT2D eigenvalue weighted by Crippen LogP contribution is -2.13. The lowest BCUT2D eigenvalue weighted by atomic mass is 10.1. The van der Waals surface area contributed by atoms with Crippen LogP contribution in [0, 0.1) is 12.7 Å². The molecule has 0 aliphatic carbocycles. The number of amides is 1. The number of hydrogen-bond donors (Lipinski definition) is 1. The summed E-state index contributed by atoms with van der Waals surface area (Å²) < 4.78 is 18.6. The van der Waals surface area contributed by atoms with E-state index in [2.05, 4.69) is 10.3 Å². The molecule has 0 fully saturated rings. The van der Waals surface area contributed by atoms with Crippen molar-refractivity contribution in [2.75, 3.05) is 12.4 Å². The van der Waals surface area contributed by atoms with Crippen LogP contribution in [0.3, 0.4) is 0 Å². The highest BCUT2D eigenvalue weighted by atomic mass is 35.5. The molecule has 0 radical (unpaired) electrons. The molecule has 122 valence electrons. The molecule has 1 amide bonds. The highest BCUT2D eigenvalue weighted by molar-refractivity contribution is 6.32. The number of aromatic nitrogens is 1. The van der Waals surface area contributed by atoms with E-state index >= 15 is 0 Å². The predicted octanol–water partition coefficient (Wildman–Crippen LogP) is 4.60. The van der Waals surface area contributed by atoms with Crippen LogP contribution >= 0.6 is 11.6 Å². The van der Waals surface area contributed by atoms with Gasteiger partial charge in [-0.3, -0.25) is 9.78 Å². The van der Waals surface area contributed by atoms with Gasteiger partial charge < -0.3 is 10.1 Å². The molecule has 4 nitrogen and oxygen atoms in total. The molecular formula is C18H14ClFN2O2. The normalized spacial score (nSPS) is 10.7. The van der Waals surface area contributed by atoms with Crippen molar-refractivity contribution >= 4 is 34.1 Å². The van der Waals surface area contributed by atoms with Crippen LogP contribution in [0.15, 0.2) is 42.5 Å². The molecule has 2 aromatic carbocycles. The lowest BCUT2D eigenvalue weighted by Gasteiger charge is -2.10. The molecule has 0 saturated carbocycles. The summed E-state index contributed by atoms with van der Waals surface area (Å²) >= 11 is 6.06. The smallest absolute Gasteiger partial charge is 0.256 e. The van der Waals surface area contributed by atoms with Crippen LogP contribution in [0.2, 0.25) is 5.02 Å². The molecule has 1 N–H and O–H groups in total. The molecule has 1 heterocycles. The fraction of sp³-hybridized carbons (Fsp3) is 0.111. The summed E-state index contributed by atoms with van der Waals surface area (Å²) in [6.45, 7) is 1.78. The average Bonchev–Trinajstić information content (AvgIpc) is 2.54. The number of ether oxygens (including phenoxy) is 1. The summed E-state index contributed by atoms with van der Waals surface area (Å²) in [6, 6.07) is 10.7. The third-order valence-electron chi connectivity index (χ3n) is 3.55. The predicted molar refractivity (Wildman–Crippen MR) is 92.4 cm³/mol. The molecule has 0 unspecified atom stereocenters. The van der Waals surface area contributed by atoms with Crippen LogP contribution in [0.1, 0.15) is 16.1 Å². The number of anilines is 1. The van der Waals surface area contributed by atoms with Crippen molar-refractivity contribution < 1.29 is 13.9 Å². The molecule has 0 atom stereocenters. The van der Waals surface area contributed by atoms with Gasteiger partial charge in [0.2, 0.25) is 0 Å². The highest BCUT2D eigenvalue weighted by Crippen LogP contribution is 2.28. The molecule has 0 bridgehead atoms. The minimum Gasteiger partial charge on any atom is -0.495 e. The van der Waals surface area contributed by atoms with Gasteiger partial charge in [-0.25, -0.2) is 4.39 Å². The Hall–Kier alpha value is -2.66. The van der Waals surface area contributed by atoms with Gasteiger partial charge in [0.05, 0.1) is 23.2 Å². The van der Waals surface area contributed by atoms with Gasteiger partial charge in [0, 0.05) is 16.8 Å². The molecule has 0 spiro atoms. The van der Waals surface area contributed by atoms with Gasteiger partial charge in [0.25, 0.3) is 5.91 Å². The molecule has 0 aliphatic rings. The van der Waals surface area contributed by atoms with Crippen molar-refractivity contribution in [1.29, 1.82) is 0 Å². The maximum absolute atomic E-state index is 13.6. The Balaban J connectivity index is 1.99. The molecule has 6 heteroatoms. The van der Waals surface area contributed by atoms with Crippen molar-refractivity contribution in [3.63, 3.8) is 0 Å². The van der Waals surface area contributed by atoms with Crippen molar-refractivity contribution in [3.05, 3.63) is 64.6 Å². The Labute approximate surface area is 143 Å². The Morgan fingerprint density at radius 3 is 2.71 bits per heavy atom. The third-order valence-corrected chi connectivity index (χ3v) is 3.85. The van der Waals surface area contributed by atoms with Gasteiger partial charge in [-0.15, -0.1) is 0 Å². The summed E-state index contributed by atoms with van der Waals surface area (Å²) in [5, 5.41) is 3.60. The first kappa shape index (κ1) is 16.2. The van der Waals surface area contributed by atoms with Crippen molar-refractivity contribution in [2.45, 2.75) is 6.92 Å². The van der Waals surface area contributed by atoms with Gasteiger partial charge in [-0.1, -0.05) is 11.6 Å². The number of hydrogen-bond acceptors (Lipinski definition) is 3. The number of nitrogens with one attached hydrogen (secondary N) is 1. The maximum atomic E-state index is 13.6. The quantitative estimate of drug-likeness (QED) is 0.755. The number of carbonyl (C=O) groups excluding carboxylic acids is 1. The third kappa shape index (κ3) is 3.16. The first-order valence-electron chi connectivity index (χ1n) is 7.20. The summed E-state index contributed by atoms with van der Waals surface area (Å²) in [5.41, 5.74) is 2.11. The van der Waals surface area contributed by atoms with E-state index in [1.54, 1.807) is 37.3 Å². The largest absolute Gasteiger partial charge is 0.495 e. The number of rotatable bonds is 3. The Morgan fingerprint density at radius 1 is 1.21 bits per heavy atom.